The molecule has 8 rings (SSSR count). The number of aryl methyl sites for hydroxylation is 6. The van der Waals surface area contributed by atoms with E-state index in [1.54, 1.807) is 22.7 Å². The van der Waals surface area contributed by atoms with Gasteiger partial charge in [-0.25, -0.2) is 8.78 Å². The first-order valence-corrected chi connectivity index (χ1v) is 27.9. The molecule has 0 amide bonds. The van der Waals surface area contributed by atoms with Gasteiger partial charge in [-0.3, -0.25) is 0 Å². The van der Waals surface area contributed by atoms with E-state index in [1.807, 2.05) is 34.8 Å². The van der Waals surface area contributed by atoms with Gasteiger partial charge in [0.25, 0.3) is 0 Å². The highest BCUT2D eigenvalue weighted by molar-refractivity contribution is 7.24. The van der Waals surface area contributed by atoms with Crippen molar-refractivity contribution >= 4 is 78.2 Å². The van der Waals surface area contributed by atoms with Crippen molar-refractivity contribution in [3.05, 3.63) is 93.2 Å². The first kappa shape index (κ1) is 47.0. The van der Waals surface area contributed by atoms with Crippen molar-refractivity contribution in [3.8, 4) is 40.4 Å². The standard InChI is InChI=1S/C56H68F2N2S4/c1-7-11-15-19-23-39-31-51(63-55(39)49-27-25-37(5)61-49)41-35-47-43(33-45(41)57)53-54(59(47)29-21-17-13-9-3)44-34-46(58)42(36-48(44)60(53)30-22-18-14-10-4)52-32-40(24-20-16-12-8-2)56(64-52)50-28-26-38(6)62-50/h25-28,31-36H,7-24,29-30H2,1-6H3. The summed E-state index contributed by atoms with van der Waals surface area (Å²) in [5, 5.41) is 1.87. The molecule has 0 radical (unpaired) electrons. The summed E-state index contributed by atoms with van der Waals surface area (Å²) < 4.78 is 39.1. The highest BCUT2D eigenvalue weighted by atomic mass is 32.1. The summed E-state index contributed by atoms with van der Waals surface area (Å²) in [7, 11) is 0. The number of hydrogen-bond donors (Lipinski definition) is 0. The normalized spacial score (nSPS) is 12.1. The Hall–Kier alpha value is -3.56. The zero-order valence-corrected chi connectivity index (χ0v) is 42.5. The Labute approximate surface area is 397 Å². The van der Waals surface area contributed by atoms with Crippen molar-refractivity contribution < 1.29 is 8.78 Å². The Morgan fingerprint density at radius 3 is 1.17 bits per heavy atom. The number of fused-ring (bicyclic) bond motifs is 5. The molecule has 2 aromatic carbocycles. The third-order valence-electron chi connectivity index (χ3n) is 13.2. The van der Waals surface area contributed by atoms with Gasteiger partial charge in [0.05, 0.1) is 22.1 Å². The average Bonchev–Trinajstić information content (AvgIpc) is 4.15. The van der Waals surface area contributed by atoms with Crippen molar-refractivity contribution in [1.82, 2.24) is 9.13 Å². The van der Waals surface area contributed by atoms with Crippen LogP contribution in [-0.4, -0.2) is 9.13 Å². The molecule has 0 aliphatic heterocycles. The van der Waals surface area contributed by atoms with Crippen LogP contribution in [0.15, 0.2) is 60.7 Å². The summed E-state index contributed by atoms with van der Waals surface area (Å²) in [5.74, 6) is -0.359. The molecule has 0 spiro atoms. The lowest BCUT2D eigenvalue weighted by Gasteiger charge is -2.11. The Kier molecular flexibility index (Phi) is 16.0. The molecule has 6 aromatic heterocycles. The van der Waals surface area contributed by atoms with Crippen molar-refractivity contribution in [2.24, 2.45) is 0 Å². The van der Waals surface area contributed by atoms with E-state index in [-0.39, 0.29) is 11.6 Å². The van der Waals surface area contributed by atoms with E-state index in [2.05, 4.69) is 99.2 Å². The zero-order chi connectivity index (χ0) is 44.7. The Balaban J connectivity index is 1.30. The summed E-state index contributed by atoms with van der Waals surface area (Å²) in [6.45, 7) is 15.0. The highest BCUT2D eigenvalue weighted by Gasteiger charge is 2.26. The van der Waals surface area contributed by atoms with Gasteiger partial charge in [0.2, 0.25) is 0 Å². The first-order valence-electron chi connectivity index (χ1n) is 24.6. The van der Waals surface area contributed by atoms with E-state index in [1.165, 1.54) is 91.8 Å². The minimum atomic E-state index is -0.179. The van der Waals surface area contributed by atoms with Crippen molar-refractivity contribution in [2.75, 3.05) is 0 Å². The molecule has 0 fully saturated rings. The minimum Gasteiger partial charge on any atom is -0.339 e. The van der Waals surface area contributed by atoms with Crippen LogP contribution in [0, 0.1) is 25.5 Å². The highest BCUT2D eigenvalue weighted by Crippen LogP contribution is 2.47. The molecule has 0 aliphatic carbocycles. The van der Waals surface area contributed by atoms with E-state index in [4.69, 9.17) is 0 Å². The van der Waals surface area contributed by atoms with Gasteiger partial charge in [-0.15, -0.1) is 45.3 Å². The number of unbranched alkanes of at least 4 members (excludes halogenated alkanes) is 12. The van der Waals surface area contributed by atoms with Gasteiger partial charge in [-0.2, -0.15) is 0 Å². The van der Waals surface area contributed by atoms with Crippen LogP contribution in [-0.2, 0) is 25.9 Å². The number of benzene rings is 2. The maximum atomic E-state index is 17.1. The molecule has 0 bridgehead atoms. The quantitative estimate of drug-likeness (QED) is 0.0534. The fourth-order valence-corrected chi connectivity index (χ4v) is 14.2. The summed E-state index contributed by atoms with van der Waals surface area (Å²) >= 11 is 7.15. The molecule has 0 saturated heterocycles. The summed E-state index contributed by atoms with van der Waals surface area (Å²) in [4.78, 5) is 9.70. The Bertz CT molecular complexity index is 2610. The molecule has 64 heavy (non-hydrogen) atoms. The maximum Gasteiger partial charge on any atom is 0.132 e. The van der Waals surface area contributed by atoms with Gasteiger partial charge in [0.1, 0.15) is 11.6 Å². The van der Waals surface area contributed by atoms with E-state index in [9.17, 15) is 0 Å². The smallest absolute Gasteiger partial charge is 0.132 e. The van der Waals surface area contributed by atoms with Crippen LogP contribution in [0.5, 0.6) is 0 Å². The second-order valence-corrected chi connectivity index (χ2v) is 22.9. The molecule has 0 atom stereocenters. The van der Waals surface area contributed by atoms with Crippen LogP contribution >= 0.6 is 45.3 Å². The molecule has 0 saturated carbocycles. The number of nitrogens with zero attached hydrogens (tertiary/aromatic N) is 2. The molecule has 340 valence electrons. The SMILES string of the molecule is CCCCCCc1cc(-c2cc3c(cc2F)c2c(c4cc(F)c(-c5cc(CCCCCC)c(-c6ccc(C)s6)s5)cc4n2CCCCCC)n3CCCCCC)sc1-c1ccc(C)s1. The van der Waals surface area contributed by atoms with Crippen LogP contribution in [0.4, 0.5) is 8.78 Å². The van der Waals surface area contributed by atoms with Crippen molar-refractivity contribution in [1.29, 1.82) is 0 Å². The molecule has 6 heterocycles. The largest absolute Gasteiger partial charge is 0.339 e. The van der Waals surface area contributed by atoms with Gasteiger partial charge >= 0.3 is 0 Å². The summed E-state index contributed by atoms with van der Waals surface area (Å²) in [6.07, 6.45) is 20.6. The lowest BCUT2D eigenvalue weighted by molar-refractivity contribution is 0.600. The van der Waals surface area contributed by atoms with Gasteiger partial charge in [0, 0.05) is 74.0 Å². The van der Waals surface area contributed by atoms with Gasteiger partial charge < -0.3 is 9.13 Å². The molecule has 0 aliphatic rings. The van der Waals surface area contributed by atoms with Crippen LogP contribution in [0.1, 0.15) is 151 Å². The van der Waals surface area contributed by atoms with E-state index in [0.29, 0.717) is 11.1 Å². The van der Waals surface area contributed by atoms with Crippen LogP contribution in [0.2, 0.25) is 0 Å². The summed E-state index contributed by atoms with van der Waals surface area (Å²) in [5.41, 5.74) is 8.23. The topological polar surface area (TPSA) is 9.86 Å². The number of halogens is 2. The predicted octanol–water partition coefficient (Wildman–Crippen LogP) is 20.0. The fourth-order valence-electron chi connectivity index (χ4n) is 9.74. The van der Waals surface area contributed by atoms with Crippen LogP contribution < -0.4 is 0 Å². The van der Waals surface area contributed by atoms with E-state index in [0.717, 1.165) is 120 Å². The van der Waals surface area contributed by atoms with Gasteiger partial charge in [-0.05, 0) is 124 Å². The number of aromatic nitrogens is 2. The zero-order valence-electron chi connectivity index (χ0n) is 39.2. The molecule has 8 heteroatoms. The molecule has 0 unspecified atom stereocenters. The number of rotatable bonds is 24. The fraction of sp³-hybridized carbons (Fsp3) is 0.464. The van der Waals surface area contributed by atoms with Gasteiger partial charge in [0.15, 0.2) is 0 Å². The first-order chi connectivity index (χ1) is 31.2. The molecule has 0 N–H and O–H groups in total. The molecule has 2 nitrogen and oxygen atoms in total. The van der Waals surface area contributed by atoms with E-state index >= 15 is 8.78 Å². The molecular weight excluding hydrogens is 867 g/mol. The lowest BCUT2D eigenvalue weighted by atomic mass is 10.0. The van der Waals surface area contributed by atoms with Gasteiger partial charge in [-0.1, -0.05) is 105 Å². The van der Waals surface area contributed by atoms with E-state index < -0.39 is 0 Å². The average molecular weight is 935 g/mol. The summed E-state index contributed by atoms with van der Waals surface area (Å²) in [6, 6.07) is 21.4. The predicted molar refractivity (Wildman–Crippen MR) is 282 cm³/mol. The third-order valence-corrected chi connectivity index (χ3v) is 18.0. The van der Waals surface area contributed by atoms with Crippen molar-refractivity contribution in [2.45, 2.75) is 170 Å². The third kappa shape index (κ3) is 10.1. The monoisotopic (exact) mass is 934 g/mol. The number of hydrogen-bond acceptors (Lipinski definition) is 4. The lowest BCUT2D eigenvalue weighted by Crippen LogP contribution is -1.99. The Morgan fingerprint density at radius 1 is 0.422 bits per heavy atom. The van der Waals surface area contributed by atoms with Crippen LogP contribution in [0.3, 0.4) is 0 Å². The second-order valence-electron chi connectivity index (χ2n) is 18.2. The number of thiophene rings is 4. The molecular formula is C56H68F2N2S4. The molecule has 8 aromatic rings. The second kappa shape index (κ2) is 21.8. The Morgan fingerprint density at radius 2 is 0.812 bits per heavy atom. The van der Waals surface area contributed by atoms with Crippen molar-refractivity contribution in [3.63, 3.8) is 0 Å². The maximum absolute atomic E-state index is 17.1. The van der Waals surface area contributed by atoms with Crippen LogP contribution in [0.25, 0.3) is 73.2 Å². The minimum absolute atomic E-state index is 0.179.